The molecule has 106 valence electrons. The van der Waals surface area contributed by atoms with Crippen molar-refractivity contribution in [2.75, 3.05) is 5.32 Å². The van der Waals surface area contributed by atoms with E-state index in [9.17, 15) is 8.78 Å². The average Bonchev–Trinajstić information content (AvgIpc) is 2.32. The van der Waals surface area contributed by atoms with E-state index in [-0.39, 0.29) is 17.7 Å². The van der Waals surface area contributed by atoms with Crippen LogP contribution in [0.25, 0.3) is 0 Å². The number of hydrogen-bond donors (Lipinski definition) is 1. The number of rotatable bonds is 3. The summed E-state index contributed by atoms with van der Waals surface area (Å²) in [5.74, 6) is -0.760. The third kappa shape index (κ3) is 3.16. The van der Waals surface area contributed by atoms with Crippen molar-refractivity contribution in [1.29, 1.82) is 0 Å². The maximum absolute atomic E-state index is 13.9. The first kappa shape index (κ1) is 14.5. The lowest BCUT2D eigenvalue weighted by atomic mass is 10.0. The summed E-state index contributed by atoms with van der Waals surface area (Å²) in [6, 6.07) is 8.26. The lowest BCUT2D eigenvalue weighted by molar-refractivity contribution is 0.571. The zero-order valence-electron chi connectivity index (χ0n) is 12.2. The highest BCUT2D eigenvalue weighted by Crippen LogP contribution is 2.25. The van der Waals surface area contributed by atoms with Crippen molar-refractivity contribution in [1.82, 2.24) is 0 Å². The predicted molar refractivity (Wildman–Crippen MR) is 79.0 cm³/mol. The molecular formula is C17H19F2N. The monoisotopic (exact) mass is 275 g/mol. The zero-order valence-corrected chi connectivity index (χ0v) is 12.2. The van der Waals surface area contributed by atoms with Crippen LogP contribution in [-0.2, 0) is 0 Å². The van der Waals surface area contributed by atoms with E-state index in [0.717, 1.165) is 16.8 Å². The van der Waals surface area contributed by atoms with E-state index >= 15 is 0 Å². The standard InChI is InChI=1S/C17H19F2N/c1-10-5-11(2)7-14(6-10)20-13(4)15-9-16(18)12(3)8-17(15)19/h5-9,13,20H,1-4H3. The van der Waals surface area contributed by atoms with Crippen LogP contribution in [0.4, 0.5) is 14.5 Å². The molecule has 2 rings (SSSR count). The first-order valence-electron chi connectivity index (χ1n) is 6.67. The Labute approximate surface area is 118 Å². The third-order valence-electron chi connectivity index (χ3n) is 3.35. The molecule has 0 aliphatic heterocycles. The third-order valence-corrected chi connectivity index (χ3v) is 3.35. The number of nitrogens with one attached hydrogen (secondary N) is 1. The molecule has 0 fully saturated rings. The minimum absolute atomic E-state index is 0.300. The molecule has 3 heteroatoms. The second kappa shape index (κ2) is 5.61. The summed E-state index contributed by atoms with van der Waals surface area (Å²) in [6.07, 6.45) is 0. The number of anilines is 1. The van der Waals surface area contributed by atoms with Gasteiger partial charge in [0.2, 0.25) is 0 Å². The molecule has 1 N–H and O–H groups in total. The van der Waals surface area contributed by atoms with Gasteiger partial charge in [0.25, 0.3) is 0 Å². The van der Waals surface area contributed by atoms with Gasteiger partial charge < -0.3 is 5.32 Å². The maximum Gasteiger partial charge on any atom is 0.128 e. The van der Waals surface area contributed by atoms with Crippen LogP contribution in [0, 0.1) is 32.4 Å². The molecule has 0 amide bonds. The van der Waals surface area contributed by atoms with Gasteiger partial charge >= 0.3 is 0 Å². The van der Waals surface area contributed by atoms with Gasteiger partial charge in [-0.15, -0.1) is 0 Å². The highest BCUT2D eigenvalue weighted by Gasteiger charge is 2.14. The van der Waals surface area contributed by atoms with Crippen molar-refractivity contribution in [3.8, 4) is 0 Å². The number of halogens is 2. The Morgan fingerprint density at radius 1 is 0.850 bits per heavy atom. The fourth-order valence-corrected chi connectivity index (χ4v) is 2.38. The van der Waals surface area contributed by atoms with E-state index in [2.05, 4.69) is 11.4 Å². The smallest absolute Gasteiger partial charge is 0.128 e. The zero-order chi connectivity index (χ0) is 14.9. The predicted octanol–water partition coefficient (Wildman–Crippen LogP) is 5.06. The van der Waals surface area contributed by atoms with Gasteiger partial charge in [0.15, 0.2) is 0 Å². The van der Waals surface area contributed by atoms with Crippen LogP contribution in [0.1, 0.15) is 35.2 Å². The lowest BCUT2D eigenvalue weighted by Crippen LogP contribution is -2.10. The second-order valence-corrected chi connectivity index (χ2v) is 5.37. The van der Waals surface area contributed by atoms with Crippen molar-refractivity contribution >= 4 is 5.69 Å². The van der Waals surface area contributed by atoms with Crippen LogP contribution in [-0.4, -0.2) is 0 Å². The van der Waals surface area contributed by atoms with Crippen molar-refractivity contribution < 1.29 is 8.78 Å². The number of benzene rings is 2. The maximum atomic E-state index is 13.9. The minimum Gasteiger partial charge on any atom is -0.378 e. The van der Waals surface area contributed by atoms with E-state index in [1.807, 2.05) is 32.9 Å². The van der Waals surface area contributed by atoms with Crippen molar-refractivity contribution in [2.45, 2.75) is 33.7 Å². The summed E-state index contributed by atoms with van der Waals surface area (Å²) >= 11 is 0. The fourth-order valence-electron chi connectivity index (χ4n) is 2.38. The fraction of sp³-hybridized carbons (Fsp3) is 0.294. The molecule has 0 saturated carbocycles. The Morgan fingerprint density at radius 2 is 1.45 bits per heavy atom. The molecular weight excluding hydrogens is 256 g/mol. The summed E-state index contributed by atoms with van der Waals surface area (Å²) in [6.45, 7) is 7.40. The van der Waals surface area contributed by atoms with Gasteiger partial charge in [-0.1, -0.05) is 6.07 Å². The van der Waals surface area contributed by atoms with Gasteiger partial charge in [0.1, 0.15) is 11.6 Å². The van der Waals surface area contributed by atoms with E-state index in [0.29, 0.717) is 11.1 Å². The minimum atomic E-state index is -0.381. The van der Waals surface area contributed by atoms with Gasteiger partial charge in [-0.2, -0.15) is 0 Å². The SMILES string of the molecule is Cc1cc(C)cc(NC(C)c2cc(F)c(C)cc2F)c1. The highest BCUT2D eigenvalue weighted by atomic mass is 19.1. The average molecular weight is 275 g/mol. The van der Waals surface area contributed by atoms with Gasteiger partial charge in [-0.3, -0.25) is 0 Å². The van der Waals surface area contributed by atoms with Gasteiger partial charge in [-0.25, -0.2) is 8.78 Å². The molecule has 0 spiro atoms. The van der Waals surface area contributed by atoms with Crippen LogP contribution < -0.4 is 5.32 Å². The Kier molecular flexibility index (Phi) is 4.07. The molecule has 1 nitrogen and oxygen atoms in total. The number of aryl methyl sites for hydroxylation is 3. The summed E-state index contributed by atoms with van der Waals surface area (Å²) in [7, 11) is 0. The first-order valence-corrected chi connectivity index (χ1v) is 6.67. The molecule has 0 saturated heterocycles. The van der Waals surface area contributed by atoms with Crippen molar-refractivity contribution in [2.24, 2.45) is 0 Å². The van der Waals surface area contributed by atoms with E-state index in [4.69, 9.17) is 0 Å². The molecule has 1 unspecified atom stereocenters. The molecule has 2 aromatic carbocycles. The van der Waals surface area contributed by atoms with Gasteiger partial charge in [-0.05, 0) is 68.7 Å². The molecule has 20 heavy (non-hydrogen) atoms. The normalized spacial score (nSPS) is 12.3. The molecule has 0 heterocycles. The molecule has 0 radical (unpaired) electrons. The van der Waals surface area contributed by atoms with Crippen LogP contribution >= 0.6 is 0 Å². The van der Waals surface area contributed by atoms with Crippen LogP contribution in [0.15, 0.2) is 30.3 Å². The molecule has 0 aromatic heterocycles. The highest BCUT2D eigenvalue weighted by molar-refractivity contribution is 5.50. The van der Waals surface area contributed by atoms with Crippen molar-refractivity contribution in [3.63, 3.8) is 0 Å². The number of hydrogen-bond acceptors (Lipinski definition) is 1. The van der Waals surface area contributed by atoms with Crippen LogP contribution in [0.3, 0.4) is 0 Å². The molecule has 1 atom stereocenters. The Morgan fingerprint density at radius 3 is 2.05 bits per heavy atom. The van der Waals surface area contributed by atoms with Crippen LogP contribution in [0.5, 0.6) is 0 Å². The first-order chi connectivity index (χ1) is 9.36. The van der Waals surface area contributed by atoms with E-state index < -0.39 is 0 Å². The summed E-state index contributed by atoms with van der Waals surface area (Å²) in [4.78, 5) is 0. The molecule has 2 aromatic rings. The Bertz CT molecular complexity index is 615. The second-order valence-electron chi connectivity index (χ2n) is 5.37. The van der Waals surface area contributed by atoms with Gasteiger partial charge in [0, 0.05) is 11.3 Å². The summed E-state index contributed by atoms with van der Waals surface area (Å²) in [5, 5.41) is 3.22. The molecule has 0 aliphatic rings. The summed E-state index contributed by atoms with van der Waals surface area (Å²) < 4.78 is 27.5. The largest absolute Gasteiger partial charge is 0.378 e. The Balaban J connectivity index is 2.28. The Hall–Kier alpha value is -1.90. The molecule has 0 bridgehead atoms. The quantitative estimate of drug-likeness (QED) is 0.825. The van der Waals surface area contributed by atoms with E-state index in [1.54, 1.807) is 6.92 Å². The topological polar surface area (TPSA) is 12.0 Å². The van der Waals surface area contributed by atoms with Crippen LogP contribution in [0.2, 0.25) is 0 Å². The van der Waals surface area contributed by atoms with Gasteiger partial charge in [0.05, 0.1) is 6.04 Å². The van der Waals surface area contributed by atoms with E-state index in [1.165, 1.54) is 12.1 Å². The van der Waals surface area contributed by atoms with Crippen molar-refractivity contribution in [3.05, 3.63) is 64.2 Å². The molecule has 0 aliphatic carbocycles. The lowest BCUT2D eigenvalue weighted by Gasteiger charge is -2.18. The summed E-state index contributed by atoms with van der Waals surface area (Å²) in [5.41, 5.74) is 3.85.